The van der Waals surface area contributed by atoms with Gasteiger partial charge in [0, 0.05) is 5.25 Å². The van der Waals surface area contributed by atoms with Crippen molar-refractivity contribution in [2.45, 2.75) is 30.6 Å². The minimum absolute atomic E-state index is 0.254. The van der Waals surface area contributed by atoms with Crippen LogP contribution in [-0.4, -0.2) is 32.8 Å². The predicted octanol–water partition coefficient (Wildman–Crippen LogP) is 0.718. The molecular formula is C7H12O3S. The molecule has 11 heavy (non-hydrogen) atoms. The molecule has 2 atom stereocenters. The van der Waals surface area contributed by atoms with Gasteiger partial charge in [0.2, 0.25) is 0 Å². The number of thioether (sulfide) groups is 1. The minimum atomic E-state index is -1.45. The molecule has 0 amide bonds. The molecule has 64 valence electrons. The van der Waals surface area contributed by atoms with E-state index < -0.39 is 11.6 Å². The number of aliphatic hydroxyl groups is 1. The normalized spacial score (nSPS) is 38.5. The number of rotatable bonds is 1. The molecule has 0 aromatic rings. The average molecular weight is 176 g/mol. The fraction of sp³-hybridized carbons (Fsp3) is 0.857. The predicted molar refractivity (Wildman–Crippen MR) is 43.7 cm³/mol. The zero-order valence-electron chi connectivity index (χ0n) is 6.41. The lowest BCUT2D eigenvalue weighted by atomic mass is 9.94. The second kappa shape index (κ2) is 3.03. The molecule has 0 aromatic heterocycles. The molecule has 1 aliphatic rings. The summed E-state index contributed by atoms with van der Waals surface area (Å²) in [6.45, 7) is 1.94. The second-order valence-corrected chi connectivity index (χ2v) is 4.52. The van der Waals surface area contributed by atoms with Crippen molar-refractivity contribution in [3.63, 3.8) is 0 Å². The first kappa shape index (κ1) is 8.87. The maximum absolute atomic E-state index is 10.6. The standard InChI is InChI=1S/C7H12O3S/c1-5-4-7(10,6(8)9)2-3-11-5/h5,10H,2-4H2,1H3,(H,8,9). The van der Waals surface area contributed by atoms with Crippen molar-refractivity contribution >= 4 is 17.7 Å². The quantitative estimate of drug-likeness (QED) is 0.618. The van der Waals surface area contributed by atoms with E-state index in [0.717, 1.165) is 5.75 Å². The van der Waals surface area contributed by atoms with Gasteiger partial charge in [0.1, 0.15) is 0 Å². The smallest absolute Gasteiger partial charge is 0.335 e. The van der Waals surface area contributed by atoms with Gasteiger partial charge >= 0.3 is 5.97 Å². The highest BCUT2D eigenvalue weighted by atomic mass is 32.2. The van der Waals surface area contributed by atoms with Crippen molar-refractivity contribution in [3.8, 4) is 0 Å². The highest BCUT2D eigenvalue weighted by Crippen LogP contribution is 2.32. The Morgan fingerprint density at radius 2 is 2.36 bits per heavy atom. The molecule has 2 N–H and O–H groups in total. The number of carboxylic acid groups (broad SMARTS) is 1. The topological polar surface area (TPSA) is 57.5 Å². The Morgan fingerprint density at radius 3 is 2.73 bits per heavy atom. The Balaban J connectivity index is 2.63. The maximum Gasteiger partial charge on any atom is 0.335 e. The van der Waals surface area contributed by atoms with Crippen molar-refractivity contribution in [1.29, 1.82) is 0 Å². The molecule has 0 aromatic carbocycles. The molecule has 0 radical (unpaired) electrons. The van der Waals surface area contributed by atoms with E-state index >= 15 is 0 Å². The van der Waals surface area contributed by atoms with E-state index in [1.165, 1.54) is 0 Å². The molecular weight excluding hydrogens is 164 g/mol. The number of hydrogen-bond donors (Lipinski definition) is 2. The molecule has 1 aliphatic heterocycles. The number of aliphatic carboxylic acids is 1. The van der Waals surface area contributed by atoms with Crippen molar-refractivity contribution < 1.29 is 15.0 Å². The molecule has 4 heteroatoms. The minimum Gasteiger partial charge on any atom is -0.479 e. The van der Waals surface area contributed by atoms with E-state index in [4.69, 9.17) is 5.11 Å². The first-order valence-corrected chi connectivity index (χ1v) is 4.67. The van der Waals surface area contributed by atoms with Crippen LogP contribution in [0.1, 0.15) is 19.8 Å². The Hall–Kier alpha value is -0.220. The summed E-state index contributed by atoms with van der Waals surface area (Å²) < 4.78 is 0. The van der Waals surface area contributed by atoms with Gasteiger partial charge in [-0.2, -0.15) is 11.8 Å². The van der Waals surface area contributed by atoms with Crippen LogP contribution in [0.2, 0.25) is 0 Å². The summed E-state index contributed by atoms with van der Waals surface area (Å²) in [6.07, 6.45) is 0.740. The molecule has 0 spiro atoms. The Bertz CT molecular complexity index is 171. The zero-order valence-corrected chi connectivity index (χ0v) is 7.23. The Kier molecular flexibility index (Phi) is 2.44. The number of carbonyl (C=O) groups is 1. The van der Waals surface area contributed by atoms with Crippen LogP contribution >= 0.6 is 11.8 Å². The third-order valence-electron chi connectivity index (χ3n) is 1.94. The Morgan fingerprint density at radius 1 is 1.73 bits per heavy atom. The van der Waals surface area contributed by atoms with E-state index in [2.05, 4.69) is 0 Å². The van der Waals surface area contributed by atoms with Gasteiger partial charge in [-0.3, -0.25) is 0 Å². The average Bonchev–Trinajstić information content (AvgIpc) is 1.86. The highest BCUT2D eigenvalue weighted by Gasteiger charge is 2.39. The zero-order chi connectivity index (χ0) is 8.48. The van der Waals surface area contributed by atoms with Crippen molar-refractivity contribution in [2.24, 2.45) is 0 Å². The third-order valence-corrected chi connectivity index (χ3v) is 3.12. The van der Waals surface area contributed by atoms with Gasteiger partial charge in [-0.15, -0.1) is 0 Å². The fourth-order valence-electron chi connectivity index (χ4n) is 1.26. The lowest BCUT2D eigenvalue weighted by Gasteiger charge is -2.31. The highest BCUT2D eigenvalue weighted by molar-refractivity contribution is 7.99. The van der Waals surface area contributed by atoms with Crippen LogP contribution in [0.3, 0.4) is 0 Å². The molecule has 1 fully saturated rings. The third kappa shape index (κ3) is 1.87. The summed E-state index contributed by atoms with van der Waals surface area (Å²) in [5.74, 6) is -0.339. The maximum atomic E-state index is 10.6. The second-order valence-electron chi connectivity index (χ2n) is 2.97. The van der Waals surface area contributed by atoms with E-state index in [9.17, 15) is 9.90 Å². The van der Waals surface area contributed by atoms with E-state index in [0.29, 0.717) is 12.8 Å². The van der Waals surface area contributed by atoms with Crippen LogP contribution in [0.25, 0.3) is 0 Å². The van der Waals surface area contributed by atoms with Gasteiger partial charge in [-0.25, -0.2) is 4.79 Å². The van der Waals surface area contributed by atoms with Crippen LogP contribution in [-0.2, 0) is 4.79 Å². The van der Waals surface area contributed by atoms with Crippen LogP contribution < -0.4 is 0 Å². The molecule has 0 bridgehead atoms. The molecule has 1 saturated heterocycles. The van der Waals surface area contributed by atoms with Crippen LogP contribution in [0.5, 0.6) is 0 Å². The van der Waals surface area contributed by atoms with E-state index in [1.807, 2.05) is 6.92 Å². The first-order chi connectivity index (χ1) is 5.04. The van der Waals surface area contributed by atoms with Crippen LogP contribution in [0.4, 0.5) is 0 Å². The van der Waals surface area contributed by atoms with Gasteiger partial charge in [-0.05, 0) is 18.6 Å². The largest absolute Gasteiger partial charge is 0.479 e. The van der Waals surface area contributed by atoms with E-state index in [1.54, 1.807) is 11.8 Å². The van der Waals surface area contributed by atoms with E-state index in [-0.39, 0.29) is 5.25 Å². The lowest BCUT2D eigenvalue weighted by Crippen LogP contribution is -2.43. The monoisotopic (exact) mass is 176 g/mol. The SMILES string of the molecule is CC1CC(O)(C(=O)O)CCS1. The fourth-order valence-corrected chi connectivity index (χ4v) is 2.51. The molecule has 3 nitrogen and oxygen atoms in total. The first-order valence-electron chi connectivity index (χ1n) is 3.62. The summed E-state index contributed by atoms with van der Waals surface area (Å²) in [5, 5.41) is 18.4. The van der Waals surface area contributed by atoms with Gasteiger partial charge in [0.15, 0.2) is 5.60 Å². The molecule has 2 unspecified atom stereocenters. The molecule has 0 saturated carbocycles. The van der Waals surface area contributed by atoms with Gasteiger partial charge in [-0.1, -0.05) is 6.92 Å². The van der Waals surface area contributed by atoms with Gasteiger partial charge in [0.05, 0.1) is 0 Å². The van der Waals surface area contributed by atoms with Crippen LogP contribution in [0.15, 0.2) is 0 Å². The van der Waals surface area contributed by atoms with Crippen molar-refractivity contribution in [1.82, 2.24) is 0 Å². The molecule has 1 heterocycles. The van der Waals surface area contributed by atoms with Crippen molar-refractivity contribution in [2.75, 3.05) is 5.75 Å². The van der Waals surface area contributed by atoms with Gasteiger partial charge in [0.25, 0.3) is 0 Å². The van der Waals surface area contributed by atoms with Gasteiger partial charge < -0.3 is 10.2 Å². The summed E-state index contributed by atoms with van der Waals surface area (Å²) in [7, 11) is 0. The Labute approximate surface area is 69.8 Å². The summed E-state index contributed by atoms with van der Waals surface area (Å²) in [6, 6.07) is 0. The molecule has 1 rings (SSSR count). The lowest BCUT2D eigenvalue weighted by molar-refractivity contribution is -0.159. The summed E-state index contributed by atoms with van der Waals surface area (Å²) in [4.78, 5) is 10.6. The van der Waals surface area contributed by atoms with Crippen molar-refractivity contribution in [3.05, 3.63) is 0 Å². The van der Waals surface area contributed by atoms with Crippen LogP contribution in [0, 0.1) is 0 Å². The summed E-state index contributed by atoms with van der Waals surface area (Å²) >= 11 is 1.71. The number of carboxylic acids is 1. The summed E-state index contributed by atoms with van der Waals surface area (Å²) in [5.41, 5.74) is -1.45. The molecule has 0 aliphatic carbocycles. The number of hydrogen-bond acceptors (Lipinski definition) is 3.